The Kier molecular flexibility index (Phi) is 3.90. The molecule has 0 saturated heterocycles. The van der Waals surface area contributed by atoms with Crippen LogP contribution >= 0.6 is 15.9 Å². The van der Waals surface area contributed by atoms with Crippen molar-refractivity contribution in [3.05, 3.63) is 57.8 Å². The van der Waals surface area contributed by atoms with Crippen molar-refractivity contribution in [1.29, 1.82) is 0 Å². The lowest BCUT2D eigenvalue weighted by molar-refractivity contribution is 0.101. The molecule has 0 atom stereocenters. The topological polar surface area (TPSA) is 42.0 Å². The van der Waals surface area contributed by atoms with Crippen LogP contribution < -0.4 is 5.32 Å². The molecule has 19 heavy (non-hydrogen) atoms. The van der Waals surface area contributed by atoms with E-state index in [0.29, 0.717) is 10.3 Å². The molecule has 0 aliphatic carbocycles. The number of nitrogens with one attached hydrogen (secondary N) is 1. The number of aromatic nitrogens is 1. The third kappa shape index (κ3) is 2.96. The van der Waals surface area contributed by atoms with Gasteiger partial charge in [-0.25, -0.2) is 13.8 Å². The van der Waals surface area contributed by atoms with Crippen molar-refractivity contribution in [2.45, 2.75) is 6.92 Å². The standard InChI is InChI=1S/C13H9BrF2N2O/c1-7-5-11(14)17-6-10(7)18-13(19)12-8(15)3-2-4-9(12)16/h2-6H,1H3,(H,18,19). The minimum absolute atomic E-state index is 0.399. The van der Waals surface area contributed by atoms with Crippen LogP contribution in [0.1, 0.15) is 15.9 Å². The van der Waals surface area contributed by atoms with Gasteiger partial charge in [-0.1, -0.05) is 6.07 Å². The van der Waals surface area contributed by atoms with Gasteiger partial charge in [-0.3, -0.25) is 4.79 Å². The van der Waals surface area contributed by atoms with Crippen molar-refractivity contribution in [1.82, 2.24) is 4.98 Å². The number of rotatable bonds is 2. The Morgan fingerprint density at radius 3 is 2.53 bits per heavy atom. The summed E-state index contributed by atoms with van der Waals surface area (Å²) >= 11 is 3.19. The van der Waals surface area contributed by atoms with Crippen LogP contribution in [0.2, 0.25) is 0 Å². The molecule has 0 aliphatic rings. The minimum atomic E-state index is -0.903. The Bertz CT molecular complexity index is 626. The summed E-state index contributed by atoms with van der Waals surface area (Å²) in [5.41, 5.74) is 0.521. The molecule has 3 nitrogen and oxygen atoms in total. The van der Waals surface area contributed by atoms with Crippen molar-refractivity contribution >= 4 is 27.5 Å². The van der Waals surface area contributed by atoms with E-state index in [-0.39, 0.29) is 0 Å². The van der Waals surface area contributed by atoms with E-state index in [2.05, 4.69) is 26.2 Å². The normalized spacial score (nSPS) is 10.3. The van der Waals surface area contributed by atoms with Gasteiger partial charge in [0.1, 0.15) is 21.8 Å². The van der Waals surface area contributed by atoms with E-state index in [1.54, 1.807) is 13.0 Å². The van der Waals surface area contributed by atoms with Crippen LogP contribution in [0, 0.1) is 18.6 Å². The van der Waals surface area contributed by atoms with Crippen molar-refractivity contribution in [3.63, 3.8) is 0 Å². The van der Waals surface area contributed by atoms with Crippen LogP contribution in [0.3, 0.4) is 0 Å². The quantitative estimate of drug-likeness (QED) is 0.855. The average molecular weight is 327 g/mol. The van der Waals surface area contributed by atoms with E-state index in [0.717, 1.165) is 17.7 Å². The zero-order valence-electron chi connectivity index (χ0n) is 9.88. The molecule has 1 N–H and O–H groups in total. The fraction of sp³-hybridized carbons (Fsp3) is 0.0769. The van der Waals surface area contributed by atoms with Gasteiger partial charge in [0.05, 0.1) is 11.9 Å². The molecule has 0 bridgehead atoms. The molecule has 2 rings (SSSR count). The molecule has 0 saturated carbocycles. The first-order valence-electron chi connectivity index (χ1n) is 5.36. The molecule has 6 heteroatoms. The number of pyridine rings is 1. The van der Waals surface area contributed by atoms with Gasteiger partial charge in [0.25, 0.3) is 5.91 Å². The van der Waals surface area contributed by atoms with E-state index >= 15 is 0 Å². The Balaban J connectivity index is 2.31. The summed E-state index contributed by atoms with van der Waals surface area (Å²) in [7, 11) is 0. The molecule has 0 aliphatic heterocycles. The molecule has 1 heterocycles. The predicted molar refractivity (Wildman–Crippen MR) is 71.0 cm³/mol. The number of amides is 1. The highest BCUT2D eigenvalue weighted by Crippen LogP contribution is 2.19. The summed E-state index contributed by atoms with van der Waals surface area (Å²) in [5.74, 6) is -2.65. The van der Waals surface area contributed by atoms with E-state index in [1.807, 2.05) is 0 Å². The molecule has 1 amide bonds. The Morgan fingerprint density at radius 1 is 1.32 bits per heavy atom. The molecule has 0 spiro atoms. The van der Waals surface area contributed by atoms with Crippen molar-refractivity contribution in [3.8, 4) is 0 Å². The second kappa shape index (κ2) is 5.44. The summed E-state index contributed by atoms with van der Waals surface area (Å²) in [6.07, 6.45) is 1.41. The highest BCUT2D eigenvalue weighted by atomic mass is 79.9. The molecule has 2 aromatic rings. The number of hydrogen-bond donors (Lipinski definition) is 1. The number of carbonyl (C=O) groups excluding carboxylic acids is 1. The van der Waals surface area contributed by atoms with Crippen molar-refractivity contribution in [2.75, 3.05) is 5.32 Å². The van der Waals surface area contributed by atoms with Gasteiger partial charge in [0.15, 0.2) is 0 Å². The molecule has 98 valence electrons. The summed E-state index contributed by atoms with van der Waals surface area (Å²) < 4.78 is 27.5. The zero-order chi connectivity index (χ0) is 14.0. The Hall–Kier alpha value is -1.82. The van der Waals surface area contributed by atoms with Crippen molar-refractivity contribution < 1.29 is 13.6 Å². The lowest BCUT2D eigenvalue weighted by atomic mass is 10.1. The van der Waals surface area contributed by atoms with E-state index in [1.165, 1.54) is 12.3 Å². The SMILES string of the molecule is Cc1cc(Br)ncc1NC(=O)c1c(F)cccc1F. The first-order chi connectivity index (χ1) is 8.99. The lowest BCUT2D eigenvalue weighted by Crippen LogP contribution is -2.16. The maximum Gasteiger partial charge on any atom is 0.261 e. The van der Waals surface area contributed by atoms with E-state index in [4.69, 9.17) is 0 Å². The number of benzene rings is 1. The number of carbonyl (C=O) groups is 1. The molecule has 1 aromatic carbocycles. The number of nitrogens with zero attached hydrogens (tertiary/aromatic N) is 1. The molecule has 0 radical (unpaired) electrons. The third-order valence-corrected chi connectivity index (χ3v) is 2.95. The molecule has 0 unspecified atom stereocenters. The second-order valence-corrected chi connectivity index (χ2v) is 4.69. The van der Waals surface area contributed by atoms with Gasteiger partial charge >= 0.3 is 0 Å². The molecule has 0 fully saturated rings. The first-order valence-corrected chi connectivity index (χ1v) is 6.16. The minimum Gasteiger partial charge on any atom is -0.320 e. The zero-order valence-corrected chi connectivity index (χ0v) is 11.5. The highest BCUT2D eigenvalue weighted by Gasteiger charge is 2.17. The van der Waals surface area contributed by atoms with Crippen molar-refractivity contribution in [2.24, 2.45) is 0 Å². The second-order valence-electron chi connectivity index (χ2n) is 3.87. The third-order valence-electron chi connectivity index (χ3n) is 2.52. The average Bonchev–Trinajstić information content (AvgIpc) is 2.32. The number of hydrogen-bond acceptors (Lipinski definition) is 2. The maximum absolute atomic E-state index is 13.4. The van der Waals surface area contributed by atoms with Crippen LogP contribution in [-0.2, 0) is 0 Å². The van der Waals surface area contributed by atoms with Crippen LogP contribution in [0.15, 0.2) is 35.1 Å². The Labute approximate surface area is 116 Å². The van der Waals surface area contributed by atoms with Crippen LogP contribution in [0.4, 0.5) is 14.5 Å². The summed E-state index contributed by atoms with van der Waals surface area (Å²) in [6, 6.07) is 4.95. The monoisotopic (exact) mass is 326 g/mol. The van der Waals surface area contributed by atoms with E-state index < -0.39 is 23.1 Å². The first kappa shape index (κ1) is 13.6. The van der Waals surface area contributed by atoms with Gasteiger partial charge in [0, 0.05) is 0 Å². The number of aryl methyl sites for hydroxylation is 1. The highest BCUT2D eigenvalue weighted by molar-refractivity contribution is 9.10. The Morgan fingerprint density at radius 2 is 1.95 bits per heavy atom. The van der Waals surface area contributed by atoms with Gasteiger partial charge in [-0.2, -0.15) is 0 Å². The number of halogens is 3. The maximum atomic E-state index is 13.4. The van der Waals surface area contributed by atoms with Gasteiger partial charge < -0.3 is 5.32 Å². The molecule has 1 aromatic heterocycles. The van der Waals surface area contributed by atoms with Gasteiger partial charge in [0.2, 0.25) is 0 Å². The largest absolute Gasteiger partial charge is 0.320 e. The van der Waals surface area contributed by atoms with Crippen LogP contribution in [0.25, 0.3) is 0 Å². The van der Waals surface area contributed by atoms with E-state index in [9.17, 15) is 13.6 Å². The van der Waals surface area contributed by atoms with Crippen LogP contribution in [0.5, 0.6) is 0 Å². The molecular weight excluding hydrogens is 318 g/mol. The predicted octanol–water partition coefficient (Wildman–Crippen LogP) is 3.68. The van der Waals surface area contributed by atoms with Gasteiger partial charge in [-0.15, -0.1) is 0 Å². The summed E-state index contributed by atoms with van der Waals surface area (Å²) in [5, 5.41) is 2.43. The van der Waals surface area contributed by atoms with Gasteiger partial charge in [-0.05, 0) is 46.6 Å². The number of anilines is 1. The molecular formula is C13H9BrF2N2O. The van der Waals surface area contributed by atoms with Crippen LogP contribution in [-0.4, -0.2) is 10.9 Å². The fourth-order valence-corrected chi connectivity index (χ4v) is 2.00. The fourth-order valence-electron chi connectivity index (χ4n) is 1.55. The lowest BCUT2D eigenvalue weighted by Gasteiger charge is -2.09. The summed E-state index contributed by atoms with van der Waals surface area (Å²) in [4.78, 5) is 15.8. The smallest absolute Gasteiger partial charge is 0.261 e. The summed E-state index contributed by atoms with van der Waals surface area (Å²) in [6.45, 7) is 1.75.